The molecule has 0 saturated heterocycles. The summed E-state index contributed by atoms with van der Waals surface area (Å²) in [5.74, 6) is 6.79. The van der Waals surface area contributed by atoms with Crippen molar-refractivity contribution in [2.45, 2.75) is 48.0 Å². The molecule has 0 aliphatic carbocycles. The number of methoxy groups -OCH3 is 1. The summed E-state index contributed by atoms with van der Waals surface area (Å²) in [7, 11) is 1.55. The van der Waals surface area contributed by atoms with Crippen LogP contribution in [0.25, 0.3) is 5.69 Å². The predicted octanol–water partition coefficient (Wildman–Crippen LogP) is 3.44. The van der Waals surface area contributed by atoms with Crippen molar-refractivity contribution in [2.75, 3.05) is 12.1 Å². The van der Waals surface area contributed by atoms with Gasteiger partial charge in [0.25, 0.3) is 0 Å². The summed E-state index contributed by atoms with van der Waals surface area (Å²) in [5.41, 5.74) is 8.37. The molecule has 1 aliphatic rings. The second kappa shape index (κ2) is 13.0. The molecule has 0 saturated carbocycles. The summed E-state index contributed by atoms with van der Waals surface area (Å²) in [6.45, 7) is 12.0. The first-order valence-corrected chi connectivity index (χ1v) is 9.74. The lowest BCUT2D eigenvalue weighted by molar-refractivity contribution is -0.105. The molecule has 4 N–H and O–H groups in total. The lowest BCUT2D eigenvalue weighted by Crippen LogP contribution is -2.33. The van der Waals surface area contributed by atoms with Crippen LogP contribution in [0.4, 0.5) is 5.69 Å². The molecule has 8 nitrogen and oxygen atoms in total. The van der Waals surface area contributed by atoms with Crippen LogP contribution in [-0.4, -0.2) is 22.9 Å². The van der Waals surface area contributed by atoms with Gasteiger partial charge in [0.1, 0.15) is 18.1 Å². The molecular weight excluding hydrogens is 368 g/mol. The summed E-state index contributed by atoms with van der Waals surface area (Å²) in [6.07, 6.45) is 2.29. The van der Waals surface area contributed by atoms with Crippen molar-refractivity contribution in [3.63, 3.8) is 0 Å². The molecule has 0 radical (unpaired) electrons. The number of anilines is 1. The molecule has 2 heterocycles. The highest BCUT2D eigenvalue weighted by molar-refractivity contribution is 5.78. The molecule has 29 heavy (non-hydrogen) atoms. The largest absolute Gasteiger partial charge is 0.497 e. The third-order valence-electron chi connectivity index (χ3n) is 3.76. The number of carbonyl (C=O) groups excluding carboxylic acids is 1. The van der Waals surface area contributed by atoms with Crippen molar-refractivity contribution >= 4 is 12.0 Å². The van der Waals surface area contributed by atoms with Crippen molar-refractivity contribution in [3.8, 4) is 17.5 Å². The summed E-state index contributed by atoms with van der Waals surface area (Å²) >= 11 is 0. The number of nitrogens with two attached hydrogens (primary N) is 2. The predicted molar refractivity (Wildman–Crippen MR) is 117 cm³/mol. The number of imidazole rings is 1. The highest BCUT2D eigenvalue weighted by atomic mass is 16.5. The molecule has 3 rings (SSSR count). The Morgan fingerprint density at radius 2 is 1.83 bits per heavy atom. The van der Waals surface area contributed by atoms with E-state index in [0.29, 0.717) is 34.8 Å². The van der Waals surface area contributed by atoms with E-state index in [4.69, 9.17) is 16.3 Å². The van der Waals surface area contributed by atoms with Gasteiger partial charge in [-0.1, -0.05) is 41.5 Å². The molecule has 158 valence electrons. The second-order valence-corrected chi connectivity index (χ2v) is 4.94. The number of allylic oxidation sites excluding steroid dienone is 2. The minimum absolute atomic E-state index is 0.000176. The fourth-order valence-corrected chi connectivity index (χ4v) is 2.57. The van der Waals surface area contributed by atoms with E-state index in [1.807, 2.05) is 47.6 Å². The Morgan fingerprint density at radius 1 is 1.21 bits per heavy atom. The summed E-state index contributed by atoms with van der Waals surface area (Å²) in [5, 5.41) is 10.6. The van der Waals surface area contributed by atoms with E-state index in [1.54, 1.807) is 36.2 Å². The van der Waals surface area contributed by atoms with Crippen LogP contribution in [0.3, 0.4) is 0 Å². The molecule has 1 aromatic heterocycles. The fraction of sp³-hybridized carbons (Fsp3) is 0.381. The average Bonchev–Trinajstić information content (AvgIpc) is 3.17. The smallest absolute Gasteiger partial charge is 0.167 e. The van der Waals surface area contributed by atoms with Gasteiger partial charge in [0.15, 0.2) is 12.0 Å². The minimum atomic E-state index is -0.000176. The average molecular weight is 401 g/mol. The zero-order valence-corrected chi connectivity index (χ0v) is 18.4. The van der Waals surface area contributed by atoms with Gasteiger partial charge in [-0.05, 0) is 12.1 Å². The van der Waals surface area contributed by atoms with Gasteiger partial charge in [-0.2, -0.15) is 5.26 Å². The minimum Gasteiger partial charge on any atom is -0.497 e. The Hall–Kier alpha value is -3.31. The Labute approximate surface area is 173 Å². The number of hydrogen-bond donors (Lipinski definition) is 2. The third-order valence-corrected chi connectivity index (χ3v) is 3.76. The number of carbonyl (C=O) groups is 1. The van der Waals surface area contributed by atoms with E-state index < -0.39 is 0 Å². The number of aromatic nitrogens is 2. The van der Waals surface area contributed by atoms with Crippen molar-refractivity contribution < 1.29 is 9.53 Å². The highest BCUT2D eigenvalue weighted by Gasteiger charge is 2.26. The van der Waals surface area contributed by atoms with Crippen LogP contribution in [0, 0.1) is 11.3 Å². The number of fused-ring (bicyclic) bond motifs is 3. The number of hydrazine groups is 1. The van der Waals surface area contributed by atoms with E-state index in [-0.39, 0.29) is 17.8 Å². The van der Waals surface area contributed by atoms with Gasteiger partial charge >= 0.3 is 0 Å². The molecule has 0 fully saturated rings. The zero-order valence-electron chi connectivity index (χ0n) is 18.4. The van der Waals surface area contributed by atoms with Gasteiger partial charge < -0.3 is 10.5 Å². The standard InChI is InChI=1S/C15H14N6O2.3C2H6/c1-23-9-2-3-12-15(4-9)21(18)13(10(17)7-22)5-14-11(6-16)19-8-20(12)14;3*1-2/h2-4,7-8H,5,17-18H2,1H3;3*1-2H3/b13-10-;;;. The maximum absolute atomic E-state index is 11.1. The molecule has 2 aromatic rings. The second-order valence-electron chi connectivity index (χ2n) is 4.94. The highest BCUT2D eigenvalue weighted by Crippen LogP contribution is 2.35. The van der Waals surface area contributed by atoms with Crippen molar-refractivity contribution in [2.24, 2.45) is 11.6 Å². The number of aldehydes is 1. The Bertz CT molecular complexity index is 865. The quantitative estimate of drug-likeness (QED) is 0.449. The third kappa shape index (κ3) is 5.36. The molecule has 8 heteroatoms. The van der Waals surface area contributed by atoms with Gasteiger partial charge in [0.2, 0.25) is 0 Å². The lowest BCUT2D eigenvalue weighted by atomic mass is 10.1. The van der Waals surface area contributed by atoms with Crippen LogP contribution >= 0.6 is 0 Å². The first-order chi connectivity index (χ1) is 14.1. The summed E-state index contributed by atoms with van der Waals surface area (Å²) < 4.78 is 6.99. The van der Waals surface area contributed by atoms with Crippen molar-refractivity contribution in [1.82, 2.24) is 9.55 Å². The van der Waals surface area contributed by atoms with Gasteiger partial charge in [0.05, 0.1) is 35.6 Å². The molecule has 0 spiro atoms. The first kappa shape index (κ1) is 25.7. The molecular formula is C21H32N6O2. The van der Waals surface area contributed by atoms with E-state index in [0.717, 1.165) is 0 Å². The van der Waals surface area contributed by atoms with Crippen LogP contribution in [-0.2, 0) is 11.2 Å². The molecule has 0 bridgehead atoms. The Balaban J connectivity index is 0.00000120. The fourth-order valence-electron chi connectivity index (χ4n) is 2.57. The molecule has 1 aliphatic heterocycles. The van der Waals surface area contributed by atoms with E-state index in [1.165, 1.54) is 5.01 Å². The van der Waals surface area contributed by atoms with Gasteiger partial charge in [-0.25, -0.2) is 10.8 Å². The van der Waals surface area contributed by atoms with Gasteiger partial charge in [-0.3, -0.25) is 14.4 Å². The maximum atomic E-state index is 11.1. The van der Waals surface area contributed by atoms with Crippen LogP contribution in [0.5, 0.6) is 5.75 Å². The van der Waals surface area contributed by atoms with Crippen molar-refractivity contribution in [1.29, 1.82) is 5.26 Å². The van der Waals surface area contributed by atoms with Crippen LogP contribution < -0.4 is 21.3 Å². The van der Waals surface area contributed by atoms with E-state index >= 15 is 0 Å². The molecule has 0 unspecified atom stereocenters. The zero-order chi connectivity index (χ0) is 22.6. The molecule has 0 atom stereocenters. The number of hydrogen-bond acceptors (Lipinski definition) is 7. The van der Waals surface area contributed by atoms with Gasteiger partial charge in [-0.15, -0.1) is 0 Å². The van der Waals surface area contributed by atoms with Crippen LogP contribution in [0.1, 0.15) is 52.9 Å². The molecule has 0 amide bonds. The first-order valence-electron chi connectivity index (χ1n) is 9.74. The Morgan fingerprint density at radius 3 is 2.34 bits per heavy atom. The topological polar surface area (TPSA) is 123 Å². The summed E-state index contributed by atoms with van der Waals surface area (Å²) in [6, 6.07) is 7.36. The van der Waals surface area contributed by atoms with Crippen LogP contribution in [0.15, 0.2) is 35.9 Å². The lowest BCUT2D eigenvalue weighted by Gasteiger charge is -2.22. The summed E-state index contributed by atoms with van der Waals surface area (Å²) in [4.78, 5) is 15.2. The normalized spacial score (nSPS) is 12.6. The number of nitriles is 1. The number of rotatable bonds is 2. The van der Waals surface area contributed by atoms with Crippen molar-refractivity contribution in [3.05, 3.63) is 47.3 Å². The van der Waals surface area contributed by atoms with E-state index in [9.17, 15) is 10.1 Å². The Kier molecular flexibility index (Phi) is 11.5. The number of ether oxygens (including phenoxy) is 1. The van der Waals surface area contributed by atoms with E-state index in [2.05, 4.69) is 4.98 Å². The van der Waals surface area contributed by atoms with Crippen LogP contribution in [0.2, 0.25) is 0 Å². The SMILES string of the molecule is CC.CC.CC.COc1ccc2c(c1)N(N)/C(=C(\N)C=O)Cc1c(C#N)ncn1-2. The monoisotopic (exact) mass is 400 g/mol. The molecule has 1 aromatic carbocycles. The maximum Gasteiger partial charge on any atom is 0.167 e. The van der Waals surface area contributed by atoms with Gasteiger partial charge in [0, 0.05) is 12.5 Å². The number of benzene rings is 1. The number of nitrogens with zero attached hydrogens (tertiary/aromatic N) is 4.